The van der Waals surface area contributed by atoms with Gasteiger partial charge < -0.3 is 14.6 Å². The summed E-state index contributed by atoms with van der Waals surface area (Å²) in [6, 6.07) is 9.66. The molecule has 2 amide bonds. The molecule has 1 aromatic heterocycles. The van der Waals surface area contributed by atoms with Crippen molar-refractivity contribution in [3.05, 3.63) is 53.4 Å². The average molecular weight is 319 g/mol. The smallest absolute Gasteiger partial charge is 0.290 e. The van der Waals surface area contributed by atoms with E-state index in [0.29, 0.717) is 23.7 Å². The molecule has 1 atom stereocenters. The third-order valence-electron chi connectivity index (χ3n) is 3.66. The summed E-state index contributed by atoms with van der Waals surface area (Å²) in [5.41, 5.74) is 0.659. The largest absolute Gasteiger partial charge is 0.459 e. The first-order valence-electron chi connectivity index (χ1n) is 7.06. The number of rotatable bonds is 3. The van der Waals surface area contributed by atoms with E-state index >= 15 is 0 Å². The van der Waals surface area contributed by atoms with Crippen molar-refractivity contribution in [3.63, 3.8) is 0 Å². The van der Waals surface area contributed by atoms with E-state index in [1.807, 2.05) is 0 Å². The molecule has 1 aliphatic heterocycles. The van der Waals surface area contributed by atoms with E-state index in [0.717, 1.165) is 6.42 Å². The number of carbonyl (C=O) groups excluding carboxylic acids is 2. The van der Waals surface area contributed by atoms with E-state index in [1.54, 1.807) is 41.3 Å². The van der Waals surface area contributed by atoms with Crippen LogP contribution >= 0.6 is 11.6 Å². The third-order valence-corrected chi connectivity index (χ3v) is 3.91. The Bertz CT molecular complexity index is 667. The Labute approximate surface area is 132 Å². The van der Waals surface area contributed by atoms with Crippen molar-refractivity contribution < 1.29 is 14.0 Å². The summed E-state index contributed by atoms with van der Waals surface area (Å²) < 4.78 is 5.13. The highest BCUT2D eigenvalue weighted by molar-refractivity contribution is 6.30. The molecule has 22 heavy (non-hydrogen) atoms. The zero-order valence-corrected chi connectivity index (χ0v) is 12.5. The van der Waals surface area contributed by atoms with Crippen LogP contribution in [0.4, 0.5) is 5.69 Å². The predicted octanol–water partition coefficient (Wildman–Crippen LogP) is 3.18. The minimum Gasteiger partial charge on any atom is -0.459 e. The van der Waals surface area contributed by atoms with E-state index in [4.69, 9.17) is 16.0 Å². The summed E-state index contributed by atoms with van der Waals surface area (Å²) in [6.07, 6.45) is 2.89. The van der Waals surface area contributed by atoms with Gasteiger partial charge in [-0.2, -0.15) is 0 Å². The molecule has 6 heteroatoms. The minimum atomic E-state index is -0.478. The standard InChI is InChI=1S/C16H15ClN2O3/c17-11-5-7-12(8-6-11)18-15(20)13-3-1-9-19(13)16(21)14-4-2-10-22-14/h2,4-8,10,13H,1,3,9H2,(H,18,20). The number of nitrogens with one attached hydrogen (secondary N) is 1. The van der Waals surface area contributed by atoms with Crippen molar-refractivity contribution in [1.82, 2.24) is 4.90 Å². The molecule has 2 heterocycles. The number of carbonyl (C=O) groups is 2. The van der Waals surface area contributed by atoms with Gasteiger partial charge in [-0.3, -0.25) is 9.59 Å². The molecule has 0 saturated carbocycles. The molecule has 1 saturated heterocycles. The maximum Gasteiger partial charge on any atom is 0.290 e. The van der Waals surface area contributed by atoms with Gasteiger partial charge in [-0.1, -0.05) is 11.6 Å². The van der Waals surface area contributed by atoms with Crippen LogP contribution in [0.15, 0.2) is 47.1 Å². The van der Waals surface area contributed by atoms with Gasteiger partial charge in [-0.05, 0) is 49.2 Å². The molecule has 1 aliphatic rings. The van der Waals surface area contributed by atoms with Crippen molar-refractivity contribution in [2.24, 2.45) is 0 Å². The van der Waals surface area contributed by atoms with Crippen LogP contribution in [-0.2, 0) is 4.79 Å². The van der Waals surface area contributed by atoms with E-state index < -0.39 is 6.04 Å². The van der Waals surface area contributed by atoms with Gasteiger partial charge in [0.15, 0.2) is 5.76 Å². The normalized spacial score (nSPS) is 17.5. The molecule has 1 aromatic carbocycles. The van der Waals surface area contributed by atoms with E-state index in [9.17, 15) is 9.59 Å². The van der Waals surface area contributed by atoms with Crippen LogP contribution in [0.5, 0.6) is 0 Å². The molecule has 1 unspecified atom stereocenters. The first-order valence-corrected chi connectivity index (χ1v) is 7.44. The van der Waals surface area contributed by atoms with Crippen LogP contribution < -0.4 is 5.32 Å². The first-order chi connectivity index (χ1) is 10.6. The quantitative estimate of drug-likeness (QED) is 0.945. The Morgan fingerprint density at radius 3 is 2.68 bits per heavy atom. The Balaban J connectivity index is 1.71. The molecule has 114 valence electrons. The van der Waals surface area contributed by atoms with Gasteiger partial charge in [0.05, 0.1) is 6.26 Å². The molecule has 1 N–H and O–H groups in total. The van der Waals surface area contributed by atoms with E-state index in [2.05, 4.69) is 5.32 Å². The Hall–Kier alpha value is -2.27. The van der Waals surface area contributed by atoms with Gasteiger partial charge in [0.1, 0.15) is 6.04 Å². The van der Waals surface area contributed by atoms with E-state index in [1.165, 1.54) is 6.26 Å². The zero-order chi connectivity index (χ0) is 15.5. The average Bonchev–Trinajstić information content (AvgIpc) is 3.20. The fourth-order valence-electron chi connectivity index (χ4n) is 2.58. The van der Waals surface area contributed by atoms with Gasteiger partial charge in [-0.15, -0.1) is 0 Å². The summed E-state index contributed by atoms with van der Waals surface area (Å²) in [7, 11) is 0. The van der Waals surface area contributed by atoms with Gasteiger partial charge in [0, 0.05) is 17.3 Å². The predicted molar refractivity (Wildman–Crippen MR) is 82.8 cm³/mol. The second-order valence-corrected chi connectivity index (χ2v) is 5.57. The van der Waals surface area contributed by atoms with Crippen molar-refractivity contribution in [2.75, 3.05) is 11.9 Å². The van der Waals surface area contributed by atoms with Crippen molar-refractivity contribution >= 4 is 29.1 Å². The molecule has 3 rings (SSSR count). The Morgan fingerprint density at radius 1 is 1.23 bits per heavy atom. The summed E-state index contributed by atoms with van der Waals surface area (Å²) in [6.45, 7) is 0.554. The lowest BCUT2D eigenvalue weighted by molar-refractivity contribution is -0.119. The number of hydrogen-bond acceptors (Lipinski definition) is 3. The SMILES string of the molecule is O=C(Nc1ccc(Cl)cc1)C1CCCN1C(=O)c1ccco1. The molecule has 0 bridgehead atoms. The monoisotopic (exact) mass is 318 g/mol. The van der Waals surface area contributed by atoms with E-state index in [-0.39, 0.29) is 17.6 Å². The molecule has 1 fully saturated rings. The topological polar surface area (TPSA) is 62.6 Å². The number of anilines is 1. The molecule has 5 nitrogen and oxygen atoms in total. The minimum absolute atomic E-state index is 0.195. The lowest BCUT2D eigenvalue weighted by Gasteiger charge is -2.23. The van der Waals surface area contributed by atoms with Gasteiger partial charge >= 0.3 is 0 Å². The second-order valence-electron chi connectivity index (χ2n) is 5.13. The number of amides is 2. The molecular weight excluding hydrogens is 304 g/mol. The molecule has 2 aromatic rings. The molecule has 0 aliphatic carbocycles. The van der Waals surface area contributed by atoms with Crippen molar-refractivity contribution in [1.29, 1.82) is 0 Å². The highest BCUT2D eigenvalue weighted by atomic mass is 35.5. The maximum atomic E-state index is 12.4. The summed E-state index contributed by atoms with van der Waals surface area (Å²) in [5, 5.41) is 3.42. The Morgan fingerprint density at radius 2 is 2.00 bits per heavy atom. The third kappa shape index (κ3) is 2.99. The van der Waals surface area contributed by atoms with Crippen molar-refractivity contribution in [3.8, 4) is 0 Å². The fourth-order valence-corrected chi connectivity index (χ4v) is 2.71. The van der Waals surface area contributed by atoms with Crippen LogP contribution in [-0.4, -0.2) is 29.3 Å². The number of hydrogen-bond donors (Lipinski definition) is 1. The molecule has 0 radical (unpaired) electrons. The van der Waals surface area contributed by atoms with Crippen LogP contribution in [0.1, 0.15) is 23.4 Å². The number of furan rings is 1. The lowest BCUT2D eigenvalue weighted by Crippen LogP contribution is -2.43. The van der Waals surface area contributed by atoms with Gasteiger partial charge in [0.2, 0.25) is 5.91 Å². The number of nitrogens with zero attached hydrogens (tertiary/aromatic N) is 1. The summed E-state index contributed by atoms with van der Waals surface area (Å²) in [4.78, 5) is 26.3. The maximum absolute atomic E-state index is 12.4. The second kappa shape index (κ2) is 6.23. The number of halogens is 1. The van der Waals surface area contributed by atoms with Crippen LogP contribution in [0.2, 0.25) is 5.02 Å². The zero-order valence-electron chi connectivity index (χ0n) is 11.8. The van der Waals surface area contributed by atoms with Gasteiger partial charge in [0.25, 0.3) is 5.91 Å². The van der Waals surface area contributed by atoms with Crippen molar-refractivity contribution in [2.45, 2.75) is 18.9 Å². The van der Waals surface area contributed by atoms with Crippen LogP contribution in [0, 0.1) is 0 Å². The first kappa shape index (κ1) is 14.7. The lowest BCUT2D eigenvalue weighted by atomic mass is 10.2. The van der Waals surface area contributed by atoms with Crippen LogP contribution in [0.25, 0.3) is 0 Å². The summed E-state index contributed by atoms with van der Waals surface area (Å²) >= 11 is 5.82. The number of likely N-dealkylation sites (tertiary alicyclic amines) is 1. The molecular formula is C16H15ClN2O3. The fraction of sp³-hybridized carbons (Fsp3) is 0.250. The Kier molecular flexibility index (Phi) is 4.15. The van der Waals surface area contributed by atoms with Crippen LogP contribution in [0.3, 0.4) is 0 Å². The highest BCUT2D eigenvalue weighted by Gasteiger charge is 2.35. The van der Waals surface area contributed by atoms with Gasteiger partial charge in [-0.25, -0.2) is 0 Å². The molecule has 0 spiro atoms. The highest BCUT2D eigenvalue weighted by Crippen LogP contribution is 2.22. The summed E-state index contributed by atoms with van der Waals surface area (Å²) in [5.74, 6) is -0.190. The number of benzene rings is 1.